The zero-order chi connectivity index (χ0) is 14.7. The van der Waals surface area contributed by atoms with Gasteiger partial charge >= 0.3 is 0 Å². The third-order valence-electron chi connectivity index (χ3n) is 3.12. The normalized spacial score (nSPS) is 10.3. The van der Waals surface area contributed by atoms with Crippen molar-refractivity contribution in [1.82, 2.24) is 4.98 Å². The van der Waals surface area contributed by atoms with E-state index in [1.807, 2.05) is 36.4 Å². The molecule has 0 spiro atoms. The third kappa shape index (κ3) is 2.82. The molecule has 3 nitrogen and oxygen atoms in total. The molecule has 0 fully saturated rings. The summed E-state index contributed by atoms with van der Waals surface area (Å²) < 4.78 is 19.2. The summed E-state index contributed by atoms with van der Waals surface area (Å²) in [5, 5.41) is 9.71. The lowest BCUT2D eigenvalue weighted by Crippen LogP contribution is -1.98. The maximum Gasteiger partial charge on any atom is 0.166 e. The highest BCUT2D eigenvalue weighted by Crippen LogP contribution is 2.20. The molecule has 0 N–H and O–H groups in total. The summed E-state index contributed by atoms with van der Waals surface area (Å²) >= 11 is 0. The standard InChI is InChI=1S/C17H11FN2O/c18-15-9-12(10-19)4-6-17(15)21-11-13-3-5-16-14(8-13)2-1-7-20-16/h1-9H,11H2. The first-order chi connectivity index (χ1) is 10.3. The van der Waals surface area contributed by atoms with E-state index in [9.17, 15) is 4.39 Å². The SMILES string of the molecule is N#Cc1ccc(OCc2ccc3ncccc3c2)c(F)c1. The van der Waals surface area contributed by atoms with Crippen molar-refractivity contribution in [3.8, 4) is 11.8 Å². The van der Waals surface area contributed by atoms with E-state index in [4.69, 9.17) is 10.00 Å². The topological polar surface area (TPSA) is 45.9 Å². The summed E-state index contributed by atoms with van der Waals surface area (Å²) in [6.45, 7) is 0.258. The highest BCUT2D eigenvalue weighted by molar-refractivity contribution is 5.78. The van der Waals surface area contributed by atoms with Gasteiger partial charge in [-0.3, -0.25) is 4.98 Å². The highest BCUT2D eigenvalue weighted by atomic mass is 19.1. The van der Waals surface area contributed by atoms with Gasteiger partial charge in [0, 0.05) is 11.6 Å². The summed E-state index contributed by atoms with van der Waals surface area (Å²) in [4.78, 5) is 4.24. The molecule has 0 saturated carbocycles. The number of pyridine rings is 1. The number of aromatic nitrogens is 1. The molecule has 0 aliphatic heterocycles. The minimum Gasteiger partial charge on any atom is -0.486 e. The molecule has 3 aromatic rings. The number of ether oxygens (including phenoxy) is 1. The summed E-state index contributed by atoms with van der Waals surface area (Å²) in [7, 11) is 0. The predicted octanol–water partition coefficient (Wildman–Crippen LogP) is 3.82. The fourth-order valence-electron chi connectivity index (χ4n) is 2.06. The van der Waals surface area contributed by atoms with Crippen molar-refractivity contribution in [2.45, 2.75) is 6.61 Å². The lowest BCUT2D eigenvalue weighted by molar-refractivity contribution is 0.290. The van der Waals surface area contributed by atoms with E-state index in [1.165, 1.54) is 18.2 Å². The van der Waals surface area contributed by atoms with E-state index in [-0.39, 0.29) is 17.9 Å². The average molecular weight is 278 g/mol. The molecule has 1 aromatic heterocycles. The van der Waals surface area contributed by atoms with Crippen LogP contribution in [0.4, 0.5) is 4.39 Å². The Morgan fingerprint density at radius 3 is 2.86 bits per heavy atom. The number of halogens is 1. The van der Waals surface area contributed by atoms with Crippen molar-refractivity contribution in [3.63, 3.8) is 0 Å². The van der Waals surface area contributed by atoms with Gasteiger partial charge in [-0.15, -0.1) is 0 Å². The molecule has 21 heavy (non-hydrogen) atoms. The molecule has 102 valence electrons. The lowest BCUT2D eigenvalue weighted by atomic mass is 10.1. The molecule has 0 radical (unpaired) electrons. The minimum atomic E-state index is -0.531. The lowest BCUT2D eigenvalue weighted by Gasteiger charge is -2.08. The average Bonchev–Trinajstić information content (AvgIpc) is 2.53. The molecule has 3 rings (SSSR count). The predicted molar refractivity (Wildman–Crippen MR) is 77.2 cm³/mol. The van der Waals surface area contributed by atoms with Gasteiger partial charge < -0.3 is 4.74 Å². The van der Waals surface area contributed by atoms with E-state index in [0.717, 1.165) is 16.5 Å². The fourth-order valence-corrected chi connectivity index (χ4v) is 2.06. The van der Waals surface area contributed by atoms with Crippen molar-refractivity contribution < 1.29 is 9.13 Å². The van der Waals surface area contributed by atoms with Crippen LogP contribution in [0.3, 0.4) is 0 Å². The van der Waals surface area contributed by atoms with Crippen LogP contribution in [0.2, 0.25) is 0 Å². The van der Waals surface area contributed by atoms with Crippen molar-refractivity contribution in [2.24, 2.45) is 0 Å². The molecule has 4 heteroatoms. The van der Waals surface area contributed by atoms with Crippen LogP contribution >= 0.6 is 0 Å². The number of nitrogens with zero attached hydrogens (tertiary/aromatic N) is 2. The molecule has 0 saturated heterocycles. The van der Waals surface area contributed by atoms with Gasteiger partial charge in [0.15, 0.2) is 11.6 Å². The Kier molecular flexibility index (Phi) is 3.48. The van der Waals surface area contributed by atoms with Crippen LogP contribution in [0.5, 0.6) is 5.75 Å². The zero-order valence-electron chi connectivity index (χ0n) is 11.1. The van der Waals surface area contributed by atoms with Crippen molar-refractivity contribution in [1.29, 1.82) is 5.26 Å². The van der Waals surface area contributed by atoms with Gasteiger partial charge in [-0.2, -0.15) is 5.26 Å². The monoisotopic (exact) mass is 278 g/mol. The van der Waals surface area contributed by atoms with Crippen molar-refractivity contribution in [2.75, 3.05) is 0 Å². The van der Waals surface area contributed by atoms with E-state index in [0.29, 0.717) is 0 Å². The van der Waals surface area contributed by atoms with Crippen LogP contribution in [0, 0.1) is 17.1 Å². The quantitative estimate of drug-likeness (QED) is 0.731. The molecular formula is C17H11FN2O. The fraction of sp³-hybridized carbons (Fsp3) is 0.0588. The van der Waals surface area contributed by atoms with Crippen LogP contribution in [0.25, 0.3) is 10.9 Å². The molecule has 0 bridgehead atoms. The van der Waals surface area contributed by atoms with E-state index in [1.54, 1.807) is 6.20 Å². The Morgan fingerprint density at radius 2 is 2.05 bits per heavy atom. The van der Waals surface area contributed by atoms with Crippen molar-refractivity contribution >= 4 is 10.9 Å². The maximum atomic E-state index is 13.7. The van der Waals surface area contributed by atoms with E-state index >= 15 is 0 Å². The molecule has 0 atom stereocenters. The number of fused-ring (bicyclic) bond motifs is 1. The van der Waals surface area contributed by atoms with Gasteiger partial charge in [0.25, 0.3) is 0 Å². The van der Waals surface area contributed by atoms with Crippen LogP contribution in [0.15, 0.2) is 54.7 Å². The summed E-state index contributed by atoms with van der Waals surface area (Å²) in [5.74, 6) is -0.392. The van der Waals surface area contributed by atoms with Crippen LogP contribution < -0.4 is 4.74 Å². The van der Waals surface area contributed by atoms with Gasteiger partial charge in [0.2, 0.25) is 0 Å². The molecule has 0 aliphatic rings. The molecule has 0 aliphatic carbocycles. The van der Waals surface area contributed by atoms with E-state index in [2.05, 4.69) is 4.98 Å². The second-order valence-corrected chi connectivity index (χ2v) is 4.58. The summed E-state index contributed by atoms with van der Waals surface area (Å²) in [6.07, 6.45) is 1.74. The first-order valence-corrected chi connectivity index (χ1v) is 6.42. The van der Waals surface area contributed by atoms with Crippen LogP contribution in [-0.4, -0.2) is 4.98 Å². The van der Waals surface area contributed by atoms with Gasteiger partial charge in [0.1, 0.15) is 6.61 Å². The number of nitriles is 1. The Balaban J connectivity index is 1.78. The second-order valence-electron chi connectivity index (χ2n) is 4.58. The number of rotatable bonds is 3. The first-order valence-electron chi connectivity index (χ1n) is 6.42. The summed E-state index contributed by atoms with van der Waals surface area (Å²) in [5.41, 5.74) is 2.11. The third-order valence-corrected chi connectivity index (χ3v) is 3.12. The van der Waals surface area contributed by atoms with Gasteiger partial charge in [0.05, 0.1) is 17.1 Å². The largest absolute Gasteiger partial charge is 0.486 e. The number of hydrogen-bond donors (Lipinski definition) is 0. The molecule has 0 unspecified atom stereocenters. The number of benzene rings is 2. The molecule has 0 amide bonds. The molecule has 2 aromatic carbocycles. The van der Waals surface area contributed by atoms with Crippen LogP contribution in [0.1, 0.15) is 11.1 Å². The zero-order valence-corrected chi connectivity index (χ0v) is 11.1. The van der Waals surface area contributed by atoms with Crippen LogP contribution in [-0.2, 0) is 6.61 Å². The molecular weight excluding hydrogens is 267 g/mol. The molecule has 1 heterocycles. The Bertz CT molecular complexity index is 840. The Labute approximate surface area is 121 Å². The maximum absolute atomic E-state index is 13.7. The van der Waals surface area contributed by atoms with Gasteiger partial charge in [-0.1, -0.05) is 12.1 Å². The van der Waals surface area contributed by atoms with Crippen molar-refractivity contribution in [3.05, 3.63) is 71.7 Å². The Hall–Kier alpha value is -2.93. The van der Waals surface area contributed by atoms with Gasteiger partial charge in [-0.25, -0.2) is 4.39 Å². The minimum absolute atomic E-state index is 0.139. The van der Waals surface area contributed by atoms with Gasteiger partial charge in [-0.05, 0) is 42.0 Å². The Morgan fingerprint density at radius 1 is 1.14 bits per heavy atom. The second kappa shape index (κ2) is 5.59. The highest BCUT2D eigenvalue weighted by Gasteiger charge is 2.05. The smallest absolute Gasteiger partial charge is 0.166 e. The summed E-state index contributed by atoms with van der Waals surface area (Å²) in [6, 6.07) is 15.7. The van der Waals surface area contributed by atoms with E-state index < -0.39 is 5.82 Å². The first kappa shape index (κ1) is 13.1. The number of hydrogen-bond acceptors (Lipinski definition) is 3.